The maximum Gasteiger partial charge on any atom is 0.319 e. The number of hydrogen-bond donors (Lipinski definition) is 3. The van der Waals surface area contributed by atoms with Crippen molar-refractivity contribution in [3.8, 4) is 5.75 Å². The minimum Gasteiger partial charge on any atom is -0.495 e. The number of aliphatic hydroxyl groups is 1. The Morgan fingerprint density at radius 3 is 2.95 bits per heavy atom. The van der Waals surface area contributed by atoms with Crippen molar-refractivity contribution in [2.45, 2.75) is 25.4 Å². The van der Waals surface area contributed by atoms with Gasteiger partial charge in [-0.05, 0) is 40.9 Å². The van der Waals surface area contributed by atoms with E-state index < -0.39 is 0 Å². The summed E-state index contributed by atoms with van der Waals surface area (Å²) in [5.74, 6) is 0.828. The maximum absolute atomic E-state index is 11.8. The predicted octanol–water partition coefficient (Wildman–Crippen LogP) is 2.74. The summed E-state index contributed by atoms with van der Waals surface area (Å²) in [7, 11) is 1.57. The summed E-state index contributed by atoms with van der Waals surface area (Å²) >= 11 is 3.36. The Morgan fingerprint density at radius 1 is 1.50 bits per heavy atom. The second-order valence-corrected chi connectivity index (χ2v) is 5.80. The van der Waals surface area contributed by atoms with Crippen LogP contribution in [0.25, 0.3) is 0 Å². The third-order valence-corrected chi connectivity index (χ3v) is 4.21. The first kappa shape index (κ1) is 15.1. The van der Waals surface area contributed by atoms with Crippen molar-refractivity contribution >= 4 is 27.6 Å². The molecule has 1 saturated carbocycles. The highest BCUT2D eigenvalue weighted by molar-refractivity contribution is 9.10. The van der Waals surface area contributed by atoms with Gasteiger partial charge in [-0.3, -0.25) is 0 Å². The minimum absolute atomic E-state index is 0.167. The number of halogens is 1. The first-order valence-electron chi connectivity index (χ1n) is 6.66. The highest BCUT2D eigenvalue weighted by Crippen LogP contribution is 2.28. The van der Waals surface area contributed by atoms with Crippen molar-refractivity contribution in [1.29, 1.82) is 0 Å². The first-order valence-corrected chi connectivity index (χ1v) is 7.46. The minimum atomic E-state index is -0.289. The summed E-state index contributed by atoms with van der Waals surface area (Å²) in [6.07, 6.45) is 2.54. The number of aliphatic hydroxyl groups excluding tert-OH is 1. The van der Waals surface area contributed by atoms with E-state index in [1.807, 2.05) is 6.07 Å². The molecule has 1 fully saturated rings. The van der Waals surface area contributed by atoms with Crippen LogP contribution in [0.15, 0.2) is 22.7 Å². The van der Waals surface area contributed by atoms with Gasteiger partial charge in [0.25, 0.3) is 0 Å². The Labute approximate surface area is 126 Å². The molecule has 6 heteroatoms. The zero-order valence-corrected chi connectivity index (χ0v) is 12.9. The van der Waals surface area contributed by atoms with Crippen LogP contribution < -0.4 is 15.4 Å². The smallest absolute Gasteiger partial charge is 0.319 e. The highest BCUT2D eigenvalue weighted by atomic mass is 79.9. The molecule has 1 aliphatic rings. The van der Waals surface area contributed by atoms with E-state index in [2.05, 4.69) is 26.6 Å². The summed E-state index contributed by atoms with van der Waals surface area (Å²) in [5.41, 5.74) is 0.662. The fourth-order valence-electron chi connectivity index (χ4n) is 2.39. The van der Waals surface area contributed by atoms with Gasteiger partial charge in [0.15, 0.2) is 0 Å². The van der Waals surface area contributed by atoms with E-state index in [1.165, 1.54) is 0 Å². The van der Waals surface area contributed by atoms with Gasteiger partial charge >= 0.3 is 6.03 Å². The third kappa shape index (κ3) is 3.86. The molecule has 1 aromatic rings. The Morgan fingerprint density at radius 2 is 2.30 bits per heavy atom. The summed E-state index contributed by atoms with van der Waals surface area (Å²) in [6, 6.07) is 5.08. The van der Waals surface area contributed by atoms with E-state index in [1.54, 1.807) is 19.2 Å². The molecule has 0 radical (unpaired) electrons. The molecule has 0 aliphatic heterocycles. The van der Waals surface area contributed by atoms with Crippen molar-refractivity contribution < 1.29 is 14.6 Å². The van der Waals surface area contributed by atoms with Gasteiger partial charge in [-0.15, -0.1) is 0 Å². The van der Waals surface area contributed by atoms with Crippen molar-refractivity contribution in [2.75, 3.05) is 19.0 Å². The first-order chi connectivity index (χ1) is 9.60. The van der Waals surface area contributed by atoms with Crippen LogP contribution in [0.5, 0.6) is 5.75 Å². The Balaban J connectivity index is 1.85. The van der Waals surface area contributed by atoms with Gasteiger partial charge in [0.2, 0.25) is 0 Å². The molecule has 5 nitrogen and oxygen atoms in total. The maximum atomic E-state index is 11.8. The topological polar surface area (TPSA) is 70.6 Å². The number of anilines is 1. The van der Waals surface area contributed by atoms with Gasteiger partial charge in [0, 0.05) is 24.2 Å². The summed E-state index contributed by atoms with van der Waals surface area (Å²) < 4.78 is 6.00. The van der Waals surface area contributed by atoms with Crippen molar-refractivity contribution in [2.24, 2.45) is 5.92 Å². The molecule has 0 saturated heterocycles. The third-order valence-electron chi connectivity index (χ3n) is 3.55. The SMILES string of the molecule is COc1cc(NC(=O)NC[C@H]2CCC[C@H]2O)ccc1Br. The quantitative estimate of drug-likeness (QED) is 0.787. The molecule has 3 N–H and O–H groups in total. The standard InChI is InChI=1S/C14H19BrN2O3/c1-20-13-7-10(5-6-11(13)15)17-14(19)16-8-9-3-2-4-12(9)18/h5-7,9,12,18H,2-4,8H2,1H3,(H2,16,17,19)/t9-,12-/m1/s1. The number of rotatable bonds is 4. The molecule has 1 aliphatic carbocycles. The number of benzene rings is 1. The van der Waals surface area contributed by atoms with Gasteiger partial charge in [-0.1, -0.05) is 6.42 Å². The summed E-state index contributed by atoms with van der Waals surface area (Å²) in [6.45, 7) is 0.501. The van der Waals surface area contributed by atoms with Crippen LogP contribution in [0.2, 0.25) is 0 Å². The molecular formula is C14H19BrN2O3. The lowest BCUT2D eigenvalue weighted by atomic mass is 10.1. The van der Waals surface area contributed by atoms with E-state index in [0.29, 0.717) is 18.0 Å². The lowest BCUT2D eigenvalue weighted by Crippen LogP contribution is -2.35. The molecule has 0 heterocycles. The Kier molecular flexibility index (Phi) is 5.25. The molecule has 0 bridgehead atoms. The average Bonchev–Trinajstić information content (AvgIpc) is 2.84. The molecule has 2 atom stereocenters. The van der Waals surface area contributed by atoms with Crippen LogP contribution in [0.4, 0.5) is 10.5 Å². The van der Waals surface area contributed by atoms with Crippen LogP contribution in [0, 0.1) is 5.92 Å². The van der Waals surface area contributed by atoms with Crippen LogP contribution in [-0.2, 0) is 0 Å². The Bertz CT molecular complexity index is 481. The monoisotopic (exact) mass is 342 g/mol. The van der Waals surface area contributed by atoms with Crippen LogP contribution in [0.1, 0.15) is 19.3 Å². The van der Waals surface area contributed by atoms with Crippen LogP contribution >= 0.6 is 15.9 Å². The van der Waals surface area contributed by atoms with E-state index in [9.17, 15) is 9.90 Å². The zero-order valence-electron chi connectivity index (χ0n) is 11.4. The molecule has 0 spiro atoms. The second kappa shape index (κ2) is 6.95. The fraction of sp³-hybridized carbons (Fsp3) is 0.500. The fourth-order valence-corrected chi connectivity index (χ4v) is 2.80. The normalized spacial score (nSPS) is 21.6. The molecule has 110 valence electrons. The largest absolute Gasteiger partial charge is 0.495 e. The molecule has 2 amide bonds. The predicted molar refractivity (Wildman–Crippen MR) is 81.1 cm³/mol. The van der Waals surface area contributed by atoms with Crippen LogP contribution in [0.3, 0.4) is 0 Å². The van der Waals surface area contributed by atoms with E-state index in [4.69, 9.17) is 4.74 Å². The lowest BCUT2D eigenvalue weighted by Gasteiger charge is -2.15. The van der Waals surface area contributed by atoms with Crippen LogP contribution in [-0.4, -0.2) is 30.9 Å². The van der Waals surface area contributed by atoms with Gasteiger partial charge in [-0.2, -0.15) is 0 Å². The van der Waals surface area contributed by atoms with E-state index >= 15 is 0 Å². The second-order valence-electron chi connectivity index (χ2n) is 4.94. The molecule has 0 unspecified atom stereocenters. The number of carbonyl (C=O) groups excluding carboxylic acids is 1. The zero-order chi connectivity index (χ0) is 14.5. The number of nitrogens with one attached hydrogen (secondary N) is 2. The molecule has 1 aromatic carbocycles. The van der Waals surface area contributed by atoms with Gasteiger partial charge in [0.05, 0.1) is 17.7 Å². The molecule has 0 aromatic heterocycles. The van der Waals surface area contributed by atoms with Crippen molar-refractivity contribution in [3.05, 3.63) is 22.7 Å². The highest BCUT2D eigenvalue weighted by Gasteiger charge is 2.25. The average molecular weight is 343 g/mol. The molecular weight excluding hydrogens is 324 g/mol. The summed E-state index contributed by atoms with van der Waals surface area (Å²) in [4.78, 5) is 11.8. The van der Waals surface area contributed by atoms with Gasteiger partial charge < -0.3 is 20.5 Å². The van der Waals surface area contributed by atoms with Crippen molar-refractivity contribution in [1.82, 2.24) is 5.32 Å². The molecule has 2 rings (SSSR count). The number of methoxy groups -OCH3 is 1. The lowest BCUT2D eigenvalue weighted by molar-refractivity contribution is 0.133. The Hall–Kier alpha value is -1.27. The van der Waals surface area contributed by atoms with Gasteiger partial charge in [0.1, 0.15) is 5.75 Å². The van der Waals surface area contributed by atoms with E-state index in [0.717, 1.165) is 23.7 Å². The number of ether oxygens (including phenoxy) is 1. The van der Waals surface area contributed by atoms with Crippen molar-refractivity contribution in [3.63, 3.8) is 0 Å². The van der Waals surface area contributed by atoms with Gasteiger partial charge in [-0.25, -0.2) is 4.79 Å². The molecule has 20 heavy (non-hydrogen) atoms. The number of urea groups is 1. The number of amides is 2. The van der Waals surface area contributed by atoms with E-state index in [-0.39, 0.29) is 18.1 Å². The number of carbonyl (C=O) groups is 1. The summed E-state index contributed by atoms with van der Waals surface area (Å²) in [5, 5.41) is 15.2. The number of hydrogen-bond acceptors (Lipinski definition) is 3.